The number of fused-ring (bicyclic) bond motifs is 1. The van der Waals surface area contributed by atoms with E-state index in [1.165, 1.54) is 23.5 Å². The molecule has 0 saturated heterocycles. The van der Waals surface area contributed by atoms with Crippen molar-refractivity contribution in [3.63, 3.8) is 0 Å². The van der Waals surface area contributed by atoms with Gasteiger partial charge in [-0.3, -0.25) is 19.2 Å². The number of H-pyrrole nitrogens is 1. The number of aliphatic carboxylic acids is 1. The lowest BCUT2D eigenvalue weighted by Gasteiger charge is -2.25. The number of rotatable bonds is 18. The molecule has 1 aromatic heterocycles. The maximum absolute atomic E-state index is 13.2. The van der Waals surface area contributed by atoms with Crippen LogP contribution in [-0.2, 0) is 30.4 Å². The normalized spacial score (nSPS) is 14.1. The molecule has 0 saturated carbocycles. The highest BCUT2D eigenvalue weighted by Gasteiger charge is 2.30. The van der Waals surface area contributed by atoms with E-state index < -0.39 is 53.8 Å². The van der Waals surface area contributed by atoms with Gasteiger partial charge in [-0.15, -0.1) is 0 Å². The fourth-order valence-corrected chi connectivity index (χ4v) is 4.95. The minimum Gasteiger partial charge on any atom is -0.480 e. The van der Waals surface area contributed by atoms with Gasteiger partial charge in [0.05, 0.1) is 6.04 Å². The van der Waals surface area contributed by atoms with E-state index in [-0.39, 0.29) is 32.1 Å². The van der Waals surface area contributed by atoms with Crippen molar-refractivity contribution in [3.05, 3.63) is 36.0 Å². The van der Waals surface area contributed by atoms with E-state index in [4.69, 9.17) is 11.5 Å². The van der Waals surface area contributed by atoms with Crippen molar-refractivity contribution in [2.24, 2.45) is 11.5 Å². The van der Waals surface area contributed by atoms with E-state index in [0.29, 0.717) is 11.5 Å². The first-order valence-corrected chi connectivity index (χ1v) is 15.6. The van der Waals surface area contributed by atoms with Crippen LogP contribution in [0.3, 0.4) is 0 Å². The molecule has 1 aromatic carbocycles. The Hall–Kier alpha value is -3.23. The minimum atomic E-state index is -1.19. The zero-order chi connectivity index (χ0) is 29.7. The number of carboxylic acid groups (broad SMARTS) is 1. The standard InChI is InChI=1S/C26H38N6O6S2/c1-39-11-9-20(25(36)32-21(26(37)38)10-12-40-2)31-24(35)19(7-8-22(28)33)30-23(34)17(27)13-15-14-29-18-6-4-3-5-16(15)18/h3-6,14,17,19-21,29H,7-13,27H2,1-2H3,(H2,28,33)(H,30,34)(H,31,35)(H,32,36)(H,37,38). The third-order valence-electron chi connectivity index (χ3n) is 6.23. The molecule has 0 radical (unpaired) electrons. The summed E-state index contributed by atoms with van der Waals surface area (Å²) in [6.45, 7) is 0. The van der Waals surface area contributed by atoms with E-state index in [0.717, 1.165) is 16.5 Å². The Bertz CT molecular complexity index is 1180. The van der Waals surface area contributed by atoms with Gasteiger partial charge in [-0.2, -0.15) is 23.5 Å². The number of aromatic nitrogens is 1. The van der Waals surface area contributed by atoms with Crippen molar-refractivity contribution < 1.29 is 29.1 Å². The number of hydrogen-bond acceptors (Lipinski definition) is 8. The molecule has 2 aromatic rings. The minimum absolute atomic E-state index is 0.102. The number of nitrogens with one attached hydrogen (secondary N) is 4. The van der Waals surface area contributed by atoms with Crippen LogP contribution in [0.2, 0.25) is 0 Å². The predicted octanol–water partition coefficient (Wildman–Crippen LogP) is 0.348. The summed E-state index contributed by atoms with van der Waals surface area (Å²) in [4.78, 5) is 65.4. The Morgan fingerprint density at radius 2 is 1.43 bits per heavy atom. The number of primary amides is 1. The highest BCUT2D eigenvalue weighted by molar-refractivity contribution is 7.98. The lowest BCUT2D eigenvalue weighted by Crippen LogP contribution is -2.57. The van der Waals surface area contributed by atoms with Crippen LogP contribution in [0.25, 0.3) is 10.9 Å². The molecule has 0 aliphatic heterocycles. The molecule has 0 fully saturated rings. The third-order valence-corrected chi connectivity index (χ3v) is 7.52. The number of carboxylic acids is 1. The summed E-state index contributed by atoms with van der Waals surface area (Å²) in [7, 11) is 0. The number of thioether (sulfide) groups is 2. The molecule has 2 rings (SSSR count). The van der Waals surface area contributed by atoms with Crippen LogP contribution in [0.15, 0.2) is 30.5 Å². The lowest BCUT2D eigenvalue weighted by molar-refractivity contribution is -0.142. The summed E-state index contributed by atoms with van der Waals surface area (Å²) in [6.07, 6.45) is 5.79. The van der Waals surface area contributed by atoms with Crippen molar-refractivity contribution >= 4 is 64.0 Å². The smallest absolute Gasteiger partial charge is 0.326 e. The summed E-state index contributed by atoms with van der Waals surface area (Å²) in [5.74, 6) is -2.76. The van der Waals surface area contributed by atoms with Gasteiger partial charge in [0.1, 0.15) is 18.1 Å². The Kier molecular flexibility index (Phi) is 13.8. The number of amides is 4. The summed E-state index contributed by atoms with van der Waals surface area (Å²) in [6, 6.07) is 3.23. The van der Waals surface area contributed by atoms with Gasteiger partial charge in [-0.25, -0.2) is 4.79 Å². The fraction of sp³-hybridized carbons (Fsp3) is 0.500. The number of nitrogens with two attached hydrogens (primary N) is 2. The Morgan fingerprint density at radius 3 is 2.02 bits per heavy atom. The SMILES string of the molecule is CSCCC(NC(=O)C(CCSC)NC(=O)C(CCC(N)=O)NC(=O)C(N)Cc1c[nH]c2ccccc12)C(=O)O. The second kappa shape index (κ2) is 16.8. The predicted molar refractivity (Wildman–Crippen MR) is 158 cm³/mol. The second-order valence-corrected chi connectivity index (χ2v) is 11.2. The average Bonchev–Trinajstić information content (AvgIpc) is 3.33. The van der Waals surface area contributed by atoms with Gasteiger partial charge >= 0.3 is 5.97 Å². The zero-order valence-electron chi connectivity index (χ0n) is 22.6. The van der Waals surface area contributed by atoms with Gasteiger partial charge in [0.15, 0.2) is 0 Å². The van der Waals surface area contributed by atoms with E-state index in [2.05, 4.69) is 20.9 Å². The highest BCUT2D eigenvalue weighted by atomic mass is 32.2. The Morgan fingerprint density at radius 1 is 0.875 bits per heavy atom. The van der Waals surface area contributed by atoms with Crippen LogP contribution in [0.5, 0.6) is 0 Å². The lowest BCUT2D eigenvalue weighted by atomic mass is 10.0. The molecular formula is C26H38N6O6S2. The molecule has 0 aliphatic rings. The summed E-state index contributed by atoms with van der Waals surface area (Å²) in [5, 5.41) is 18.1. The second-order valence-electron chi connectivity index (χ2n) is 9.26. The van der Waals surface area contributed by atoms with Crippen LogP contribution in [-0.4, -0.2) is 87.9 Å². The van der Waals surface area contributed by atoms with Gasteiger partial charge in [0.25, 0.3) is 0 Å². The molecule has 0 aliphatic carbocycles. The Labute approximate surface area is 241 Å². The molecule has 220 valence electrons. The van der Waals surface area contributed by atoms with E-state index in [1.807, 2.05) is 36.8 Å². The van der Waals surface area contributed by atoms with Crippen LogP contribution in [0, 0.1) is 0 Å². The molecule has 9 N–H and O–H groups in total. The van der Waals surface area contributed by atoms with Crippen molar-refractivity contribution in [3.8, 4) is 0 Å². The first-order chi connectivity index (χ1) is 19.1. The van der Waals surface area contributed by atoms with E-state index >= 15 is 0 Å². The Balaban J connectivity index is 2.13. The first kappa shape index (κ1) is 33.0. The zero-order valence-corrected chi connectivity index (χ0v) is 24.2. The van der Waals surface area contributed by atoms with Gasteiger partial charge < -0.3 is 37.5 Å². The number of para-hydroxylation sites is 1. The van der Waals surface area contributed by atoms with Crippen LogP contribution >= 0.6 is 23.5 Å². The van der Waals surface area contributed by atoms with Gasteiger partial charge in [0, 0.05) is 23.5 Å². The van der Waals surface area contributed by atoms with Gasteiger partial charge in [0.2, 0.25) is 23.6 Å². The fourth-order valence-electron chi connectivity index (χ4n) is 4.01. The van der Waals surface area contributed by atoms with Gasteiger partial charge in [-0.05, 0) is 61.3 Å². The summed E-state index contributed by atoms with van der Waals surface area (Å²) >= 11 is 2.90. The number of benzene rings is 1. The summed E-state index contributed by atoms with van der Waals surface area (Å²) in [5.41, 5.74) is 13.2. The van der Waals surface area contributed by atoms with Crippen molar-refractivity contribution in [1.29, 1.82) is 0 Å². The van der Waals surface area contributed by atoms with Crippen molar-refractivity contribution in [2.75, 3.05) is 24.0 Å². The first-order valence-electron chi connectivity index (χ1n) is 12.8. The molecule has 4 atom stereocenters. The largest absolute Gasteiger partial charge is 0.480 e. The van der Waals surface area contributed by atoms with E-state index in [1.54, 1.807) is 6.20 Å². The van der Waals surface area contributed by atoms with Crippen LogP contribution in [0.1, 0.15) is 31.2 Å². The quantitative estimate of drug-likeness (QED) is 0.127. The maximum atomic E-state index is 13.2. The number of hydrogen-bond donors (Lipinski definition) is 7. The molecule has 12 nitrogen and oxygen atoms in total. The van der Waals surface area contributed by atoms with E-state index in [9.17, 15) is 29.1 Å². The van der Waals surface area contributed by atoms with Crippen LogP contribution in [0.4, 0.5) is 0 Å². The molecule has 4 unspecified atom stereocenters. The maximum Gasteiger partial charge on any atom is 0.326 e. The molecular weight excluding hydrogens is 556 g/mol. The van der Waals surface area contributed by atoms with Crippen molar-refractivity contribution in [2.45, 2.75) is 56.3 Å². The molecule has 40 heavy (non-hydrogen) atoms. The number of aromatic amines is 1. The molecule has 4 amide bonds. The topological polar surface area (TPSA) is 209 Å². The molecule has 1 heterocycles. The molecule has 14 heteroatoms. The van der Waals surface area contributed by atoms with Crippen LogP contribution < -0.4 is 27.4 Å². The number of carbonyl (C=O) groups is 5. The third kappa shape index (κ3) is 10.4. The highest BCUT2D eigenvalue weighted by Crippen LogP contribution is 2.19. The van der Waals surface area contributed by atoms with Crippen molar-refractivity contribution in [1.82, 2.24) is 20.9 Å². The number of carbonyl (C=O) groups excluding carboxylic acids is 4. The molecule has 0 bridgehead atoms. The summed E-state index contributed by atoms with van der Waals surface area (Å²) < 4.78 is 0. The monoisotopic (exact) mass is 594 g/mol. The molecule has 0 spiro atoms. The van der Waals surface area contributed by atoms with Gasteiger partial charge in [-0.1, -0.05) is 18.2 Å². The average molecular weight is 595 g/mol.